The minimum atomic E-state index is -4.22. The van der Waals surface area contributed by atoms with Crippen LogP contribution in [0.5, 0.6) is 0 Å². The molecule has 1 atom stereocenters. The number of terminal acetylenes is 1. The molecule has 2 aromatic heterocycles. The Hall–Kier alpha value is -6.34. The van der Waals surface area contributed by atoms with E-state index in [1.807, 2.05) is 71.6 Å². The van der Waals surface area contributed by atoms with E-state index in [1.165, 1.54) is 12.1 Å². The van der Waals surface area contributed by atoms with Crippen LogP contribution in [0.4, 0.5) is 28.9 Å². The van der Waals surface area contributed by atoms with E-state index in [0.29, 0.717) is 18.4 Å². The number of alkyl halides is 3. The van der Waals surface area contributed by atoms with Crippen LogP contribution in [0, 0.1) is 25.1 Å². The molecule has 1 aliphatic heterocycles. The molecule has 0 bridgehead atoms. The average Bonchev–Trinajstić information content (AvgIpc) is 3.14. The first kappa shape index (κ1) is 40.4. The smallest absolute Gasteiger partial charge is 0.324 e. The van der Waals surface area contributed by atoms with E-state index in [0.717, 1.165) is 63.7 Å². The molecule has 0 radical (unpaired) electrons. The number of pyridine rings is 2. The maximum atomic E-state index is 13.3. The first-order chi connectivity index (χ1) is 25.9. The summed E-state index contributed by atoms with van der Waals surface area (Å²) in [4.78, 5) is 34.2. The summed E-state index contributed by atoms with van der Waals surface area (Å²) in [6.45, 7) is 6.82. The lowest BCUT2D eigenvalue weighted by molar-refractivity contribution is -0.137. The maximum absolute atomic E-state index is 13.3. The molecule has 10 heteroatoms. The summed E-state index contributed by atoms with van der Waals surface area (Å²) in [5.74, 6) is 2.08. The van der Waals surface area contributed by atoms with E-state index in [-0.39, 0.29) is 23.7 Å². The number of halogens is 4. The van der Waals surface area contributed by atoms with E-state index in [1.54, 1.807) is 50.5 Å². The average molecular weight is 733 g/mol. The molecular formula is C44H40F4N4O2. The van der Waals surface area contributed by atoms with Crippen molar-refractivity contribution in [3.8, 4) is 12.3 Å². The fraction of sp³-hybridized carbons (Fsp3) is 0.182. The van der Waals surface area contributed by atoms with Crippen LogP contribution in [0.1, 0.15) is 42.9 Å². The van der Waals surface area contributed by atoms with Gasteiger partial charge in [0.2, 0.25) is 11.8 Å². The molecule has 54 heavy (non-hydrogen) atoms. The van der Waals surface area contributed by atoms with Crippen molar-refractivity contribution in [3.05, 3.63) is 157 Å². The Morgan fingerprint density at radius 2 is 1.54 bits per heavy atom. The number of rotatable bonds is 7. The fourth-order valence-electron chi connectivity index (χ4n) is 5.71. The number of hydrogen-bond donors (Lipinski definition) is 1. The lowest BCUT2D eigenvalue weighted by Crippen LogP contribution is -2.53. The molecule has 1 N–H and O–H groups in total. The van der Waals surface area contributed by atoms with Gasteiger partial charge in [-0.3, -0.25) is 19.6 Å². The van der Waals surface area contributed by atoms with E-state index in [4.69, 9.17) is 0 Å². The zero-order valence-electron chi connectivity index (χ0n) is 30.0. The minimum absolute atomic E-state index is 0.0758. The fourth-order valence-corrected chi connectivity index (χ4v) is 5.71. The lowest BCUT2D eigenvalue weighted by Gasteiger charge is -2.41. The summed E-state index contributed by atoms with van der Waals surface area (Å²) in [5.41, 5.74) is 4.27. The number of fused-ring (bicyclic) bond motifs is 2. The highest BCUT2D eigenvalue weighted by Gasteiger charge is 2.37. The van der Waals surface area contributed by atoms with Gasteiger partial charge in [0.05, 0.1) is 28.0 Å². The van der Waals surface area contributed by atoms with Gasteiger partial charge in [-0.15, -0.1) is 18.9 Å². The number of para-hydroxylation sites is 2. The van der Waals surface area contributed by atoms with Gasteiger partial charge < -0.3 is 10.2 Å². The number of nitrogens with one attached hydrogen (secondary N) is 1. The Morgan fingerprint density at radius 1 is 0.926 bits per heavy atom. The topological polar surface area (TPSA) is 75.2 Å². The quantitative estimate of drug-likeness (QED) is 0.0768. The van der Waals surface area contributed by atoms with E-state index >= 15 is 0 Å². The standard InChI is InChI=1S/C20H17FN2O.C13H12N2O.C8H7F3.C3H4/c21-16-7-1-4-14(12-16)9-10-17-13-19(24)23(17)18-8-2-5-15-6-3-11-22-20(15)18;1-2-5-12(16)15-11-8-3-6-10-7-4-9-14-13(10)11;1-6-3-2-4-7(5-6)8(9,10)11;1-3-2/h1-8,11-12,17H,9-10,13H2;2-4,6-9H,1,5H2,(H,15,16);2-5H,1H3;1H,2H3. The number of β-lactam (4-membered cyclic amide) rings is 1. The number of carbonyl (C=O) groups is 2. The Morgan fingerprint density at radius 3 is 2.15 bits per heavy atom. The van der Waals surface area contributed by atoms with Gasteiger partial charge in [0.15, 0.2) is 0 Å². The van der Waals surface area contributed by atoms with Crippen LogP contribution < -0.4 is 10.2 Å². The van der Waals surface area contributed by atoms with Crippen LogP contribution in [0.25, 0.3) is 21.8 Å². The molecule has 2 amide bonds. The highest BCUT2D eigenvalue weighted by Crippen LogP contribution is 2.35. The monoisotopic (exact) mass is 732 g/mol. The molecule has 0 aliphatic carbocycles. The molecule has 7 rings (SSSR count). The summed E-state index contributed by atoms with van der Waals surface area (Å²) in [5, 5.41) is 4.85. The maximum Gasteiger partial charge on any atom is 0.416 e. The van der Waals surface area contributed by atoms with E-state index < -0.39 is 11.7 Å². The number of carbonyl (C=O) groups excluding carboxylic acids is 2. The first-order valence-corrected chi connectivity index (χ1v) is 17.1. The van der Waals surface area contributed by atoms with E-state index in [2.05, 4.69) is 34.2 Å². The van der Waals surface area contributed by atoms with Gasteiger partial charge in [0.25, 0.3) is 0 Å². The number of anilines is 2. The van der Waals surface area contributed by atoms with Gasteiger partial charge in [-0.1, -0.05) is 78.4 Å². The molecule has 4 aromatic carbocycles. The number of aryl methyl sites for hydroxylation is 2. The highest BCUT2D eigenvalue weighted by atomic mass is 19.4. The van der Waals surface area contributed by atoms with Crippen LogP contribution in [0.15, 0.2) is 134 Å². The number of hydrogen-bond acceptors (Lipinski definition) is 4. The molecule has 1 aliphatic rings. The molecule has 0 saturated carbocycles. The minimum Gasteiger partial charge on any atom is -0.324 e. The molecule has 276 valence electrons. The number of nitrogens with zero attached hydrogens (tertiary/aromatic N) is 3. The van der Waals surface area contributed by atoms with Gasteiger partial charge >= 0.3 is 6.18 Å². The van der Waals surface area contributed by atoms with Gasteiger partial charge in [-0.05, 0) is 74.7 Å². The Labute approximate surface area is 312 Å². The van der Waals surface area contributed by atoms with Gasteiger partial charge in [0.1, 0.15) is 5.82 Å². The number of benzene rings is 4. The predicted molar refractivity (Wildman–Crippen MR) is 208 cm³/mol. The van der Waals surface area contributed by atoms with Crippen molar-refractivity contribution in [2.24, 2.45) is 0 Å². The van der Waals surface area contributed by atoms with E-state index in [9.17, 15) is 27.2 Å². The summed E-state index contributed by atoms with van der Waals surface area (Å²) in [6.07, 6.45) is 7.84. The predicted octanol–water partition coefficient (Wildman–Crippen LogP) is 10.5. The molecule has 0 spiro atoms. The van der Waals surface area contributed by atoms with Crippen LogP contribution in [-0.2, 0) is 22.2 Å². The van der Waals surface area contributed by atoms with Gasteiger partial charge in [-0.2, -0.15) is 13.2 Å². The third-order valence-corrected chi connectivity index (χ3v) is 8.15. The second kappa shape index (κ2) is 19.5. The highest BCUT2D eigenvalue weighted by molar-refractivity contribution is 6.07. The molecule has 1 unspecified atom stereocenters. The van der Waals surface area contributed by atoms with Crippen molar-refractivity contribution in [2.75, 3.05) is 10.2 Å². The Balaban J connectivity index is 0.000000187. The molecule has 6 aromatic rings. The van der Waals surface area contributed by atoms with Crippen molar-refractivity contribution in [1.82, 2.24) is 9.97 Å². The zero-order chi connectivity index (χ0) is 39.1. The van der Waals surface area contributed by atoms with Crippen molar-refractivity contribution in [1.29, 1.82) is 0 Å². The van der Waals surface area contributed by atoms with Crippen molar-refractivity contribution in [2.45, 2.75) is 51.7 Å². The third-order valence-electron chi connectivity index (χ3n) is 8.15. The Bertz CT molecular complexity index is 2240. The molecule has 3 heterocycles. The largest absolute Gasteiger partial charge is 0.416 e. The van der Waals surface area contributed by atoms with Crippen molar-refractivity contribution >= 4 is 45.0 Å². The van der Waals surface area contributed by atoms with Crippen LogP contribution >= 0.6 is 0 Å². The van der Waals surface area contributed by atoms with Crippen molar-refractivity contribution in [3.63, 3.8) is 0 Å². The summed E-state index contributed by atoms with van der Waals surface area (Å²) in [7, 11) is 0. The summed E-state index contributed by atoms with van der Waals surface area (Å²) in [6, 6.07) is 31.4. The summed E-state index contributed by atoms with van der Waals surface area (Å²) < 4.78 is 49.2. The molecule has 1 fully saturated rings. The lowest BCUT2D eigenvalue weighted by atomic mass is 9.93. The molecular weight excluding hydrogens is 693 g/mol. The first-order valence-electron chi connectivity index (χ1n) is 17.1. The molecule has 1 saturated heterocycles. The molecule has 6 nitrogen and oxygen atoms in total. The zero-order valence-corrected chi connectivity index (χ0v) is 30.0. The van der Waals surface area contributed by atoms with Gasteiger partial charge in [-0.25, -0.2) is 4.39 Å². The third kappa shape index (κ3) is 11.3. The second-order valence-electron chi connectivity index (χ2n) is 12.2. The Kier molecular flexibility index (Phi) is 14.6. The van der Waals surface area contributed by atoms with Crippen LogP contribution in [-0.4, -0.2) is 27.8 Å². The van der Waals surface area contributed by atoms with Crippen LogP contribution in [0.2, 0.25) is 0 Å². The number of aromatic nitrogens is 2. The van der Waals surface area contributed by atoms with Crippen LogP contribution in [0.3, 0.4) is 0 Å². The van der Waals surface area contributed by atoms with Gasteiger partial charge in [0, 0.05) is 42.0 Å². The number of amides is 2. The normalized spacial score (nSPS) is 13.1. The SMILES string of the molecule is C#CC.C=CCC(=O)Nc1cccc2cccnc12.Cc1cccc(C(F)(F)F)c1.O=C1CC(CCc2cccc(F)c2)N1c1cccc2cccnc12. The van der Waals surface area contributed by atoms with Crippen molar-refractivity contribution < 1.29 is 27.2 Å². The summed E-state index contributed by atoms with van der Waals surface area (Å²) >= 11 is 0. The second-order valence-corrected chi connectivity index (χ2v) is 12.2.